The van der Waals surface area contributed by atoms with Gasteiger partial charge in [-0.05, 0) is 26.3 Å². The first-order valence-electron chi connectivity index (χ1n) is 9.00. The maximum atomic E-state index is 12.8. The largest absolute Gasteiger partial charge is 0.493 e. The fourth-order valence-electron chi connectivity index (χ4n) is 3.08. The van der Waals surface area contributed by atoms with E-state index in [4.69, 9.17) is 15.2 Å². The smallest absolute Gasteiger partial charge is 0.258 e. The van der Waals surface area contributed by atoms with E-state index in [1.54, 1.807) is 24.0 Å². The molecule has 1 heterocycles. The molecule has 0 bridgehead atoms. The van der Waals surface area contributed by atoms with Crippen molar-refractivity contribution in [1.29, 1.82) is 0 Å². The molecule has 1 unspecified atom stereocenters. The molecule has 1 aromatic heterocycles. The molecule has 0 saturated carbocycles. The lowest BCUT2D eigenvalue weighted by Gasteiger charge is -2.30. The first-order valence-corrected chi connectivity index (χ1v) is 9.00. The number of aromatic amines is 1. The van der Waals surface area contributed by atoms with Crippen LogP contribution < -0.4 is 20.8 Å². The second kappa shape index (κ2) is 9.75. The van der Waals surface area contributed by atoms with Gasteiger partial charge in [0.1, 0.15) is 5.82 Å². The molecule has 156 valence electrons. The van der Waals surface area contributed by atoms with E-state index in [1.807, 2.05) is 13.8 Å². The van der Waals surface area contributed by atoms with Crippen molar-refractivity contribution in [2.75, 3.05) is 20.8 Å². The van der Waals surface area contributed by atoms with Crippen LogP contribution in [0.15, 0.2) is 16.9 Å². The highest BCUT2D eigenvalue weighted by Gasteiger charge is 2.31. The molecule has 1 atom stereocenters. The third kappa shape index (κ3) is 4.94. The summed E-state index contributed by atoms with van der Waals surface area (Å²) in [6.45, 7) is 6.22. The number of nitrogens with two attached hydrogens (primary N) is 1. The number of methoxy groups -OCH3 is 2. The predicted octanol–water partition coefficient (Wildman–Crippen LogP) is 2.23. The van der Waals surface area contributed by atoms with Crippen LogP contribution in [0.2, 0.25) is 0 Å². The summed E-state index contributed by atoms with van der Waals surface area (Å²) in [4.78, 5) is 34.1. The van der Waals surface area contributed by atoms with Gasteiger partial charge in [0, 0.05) is 12.6 Å². The number of nitrogens with zero attached hydrogens (tertiary/aromatic N) is 2. The lowest BCUT2D eigenvalue weighted by Crippen LogP contribution is -2.53. The van der Waals surface area contributed by atoms with Crippen molar-refractivity contribution in [3.63, 3.8) is 0 Å². The quantitative estimate of drug-likeness (QED) is 0.687. The van der Waals surface area contributed by atoms with Crippen LogP contribution in [0.5, 0.6) is 11.5 Å². The number of H-pyrrole nitrogens is 1. The van der Waals surface area contributed by atoms with Crippen LogP contribution in [0.3, 0.4) is 0 Å². The van der Waals surface area contributed by atoms with Crippen molar-refractivity contribution in [3.05, 3.63) is 28.3 Å². The summed E-state index contributed by atoms with van der Waals surface area (Å²) in [7, 11) is 3.02. The number of hydrogen-bond acceptors (Lipinski definition) is 6. The molecule has 2 rings (SSSR count). The summed E-state index contributed by atoms with van der Waals surface area (Å²) in [6.07, 6.45) is 1.39. The minimum absolute atomic E-state index is 0. The zero-order valence-corrected chi connectivity index (χ0v) is 17.8. The summed E-state index contributed by atoms with van der Waals surface area (Å²) in [5.74, 6) is 1.16. The summed E-state index contributed by atoms with van der Waals surface area (Å²) in [5, 5.41) is 0.389. The Hall–Kier alpha value is -2.32. The number of rotatable bonds is 8. The van der Waals surface area contributed by atoms with Crippen molar-refractivity contribution in [1.82, 2.24) is 14.9 Å². The van der Waals surface area contributed by atoms with Crippen molar-refractivity contribution in [2.45, 2.75) is 45.7 Å². The zero-order valence-electron chi connectivity index (χ0n) is 17.0. The Morgan fingerprint density at radius 1 is 1.25 bits per heavy atom. The molecule has 0 saturated heterocycles. The van der Waals surface area contributed by atoms with Gasteiger partial charge in [0.2, 0.25) is 5.91 Å². The fraction of sp³-hybridized carbons (Fsp3) is 0.526. The van der Waals surface area contributed by atoms with Crippen LogP contribution in [0.25, 0.3) is 10.9 Å². The highest BCUT2D eigenvalue weighted by atomic mass is 35.5. The Morgan fingerprint density at radius 3 is 2.39 bits per heavy atom. The van der Waals surface area contributed by atoms with Crippen molar-refractivity contribution >= 4 is 29.2 Å². The highest BCUT2D eigenvalue weighted by molar-refractivity contribution is 5.86. The van der Waals surface area contributed by atoms with Crippen LogP contribution >= 0.6 is 12.4 Å². The van der Waals surface area contributed by atoms with Gasteiger partial charge in [-0.15, -0.1) is 12.4 Å². The van der Waals surface area contributed by atoms with E-state index < -0.39 is 5.54 Å². The van der Waals surface area contributed by atoms with E-state index in [2.05, 4.69) is 9.97 Å². The molecule has 0 spiro atoms. The van der Waals surface area contributed by atoms with Gasteiger partial charge >= 0.3 is 0 Å². The second-order valence-corrected chi connectivity index (χ2v) is 6.72. The Balaban J connectivity index is 0.00000392. The first kappa shape index (κ1) is 23.7. The number of halogens is 1. The van der Waals surface area contributed by atoms with E-state index in [1.165, 1.54) is 14.2 Å². The van der Waals surface area contributed by atoms with E-state index in [0.29, 0.717) is 41.2 Å². The standard InChI is InChI=1S/C19H28N4O4.ClH/c1-6-8-19(3,20)18(25)23(7-2)11-16-21-13-10-15(27-5)14(26-4)9-12(13)17(24)22-16;/h9-10H,6-8,11,20H2,1-5H3,(H,21,22,24);1H. The topological polar surface area (TPSA) is 111 Å². The molecule has 0 aliphatic rings. The molecule has 9 heteroatoms. The number of carbonyl (C=O) groups excluding carboxylic acids is 1. The normalized spacial score (nSPS) is 12.8. The lowest BCUT2D eigenvalue weighted by molar-refractivity contribution is -0.137. The molecule has 28 heavy (non-hydrogen) atoms. The Labute approximate surface area is 170 Å². The second-order valence-electron chi connectivity index (χ2n) is 6.72. The zero-order chi connectivity index (χ0) is 20.2. The molecule has 1 aromatic carbocycles. The molecular weight excluding hydrogens is 384 g/mol. The number of carbonyl (C=O) groups is 1. The average Bonchev–Trinajstić information content (AvgIpc) is 2.64. The van der Waals surface area contributed by atoms with Crippen LogP contribution in [0.4, 0.5) is 0 Å². The minimum Gasteiger partial charge on any atom is -0.493 e. The summed E-state index contributed by atoms with van der Waals surface area (Å²) < 4.78 is 10.5. The number of aromatic nitrogens is 2. The van der Waals surface area contributed by atoms with Crippen LogP contribution in [0.1, 0.15) is 39.4 Å². The Kier molecular flexibility index (Phi) is 8.26. The van der Waals surface area contributed by atoms with E-state index in [-0.39, 0.29) is 30.4 Å². The van der Waals surface area contributed by atoms with E-state index in [9.17, 15) is 9.59 Å². The van der Waals surface area contributed by atoms with Crippen molar-refractivity contribution < 1.29 is 14.3 Å². The average molecular weight is 413 g/mol. The van der Waals surface area contributed by atoms with Crippen LogP contribution in [-0.2, 0) is 11.3 Å². The first-order chi connectivity index (χ1) is 12.8. The van der Waals surface area contributed by atoms with Gasteiger partial charge in [0.05, 0.1) is 37.2 Å². The summed E-state index contributed by atoms with van der Waals surface area (Å²) in [6, 6.07) is 3.24. The fourth-order valence-corrected chi connectivity index (χ4v) is 3.08. The predicted molar refractivity (Wildman–Crippen MR) is 111 cm³/mol. The number of benzene rings is 1. The van der Waals surface area contributed by atoms with Crippen LogP contribution in [-0.4, -0.2) is 47.1 Å². The Bertz CT molecular complexity index is 882. The lowest BCUT2D eigenvalue weighted by atomic mass is 9.95. The third-order valence-electron chi connectivity index (χ3n) is 4.53. The number of likely N-dealkylation sites (N-methyl/N-ethyl adjacent to an activating group) is 1. The number of ether oxygens (including phenoxy) is 2. The molecule has 0 fully saturated rings. The molecule has 0 aliphatic carbocycles. The van der Waals surface area contributed by atoms with E-state index in [0.717, 1.165) is 6.42 Å². The minimum atomic E-state index is -0.946. The number of fused-ring (bicyclic) bond motifs is 1. The number of amides is 1. The van der Waals surface area contributed by atoms with Gasteiger partial charge in [-0.3, -0.25) is 9.59 Å². The van der Waals surface area contributed by atoms with Gasteiger partial charge in [-0.2, -0.15) is 0 Å². The highest BCUT2D eigenvalue weighted by Crippen LogP contribution is 2.30. The molecule has 8 nitrogen and oxygen atoms in total. The molecule has 0 radical (unpaired) electrons. The van der Waals surface area contributed by atoms with Gasteiger partial charge in [-0.1, -0.05) is 13.3 Å². The number of nitrogens with one attached hydrogen (secondary N) is 1. The summed E-state index contributed by atoms with van der Waals surface area (Å²) in [5.41, 5.74) is 5.40. The molecule has 2 aromatic rings. The molecular formula is C19H29ClN4O4. The summed E-state index contributed by atoms with van der Waals surface area (Å²) >= 11 is 0. The van der Waals surface area contributed by atoms with Gasteiger partial charge in [-0.25, -0.2) is 4.98 Å². The van der Waals surface area contributed by atoms with Gasteiger partial charge in [0.15, 0.2) is 11.5 Å². The molecule has 1 amide bonds. The Morgan fingerprint density at radius 2 is 1.86 bits per heavy atom. The molecule has 3 N–H and O–H groups in total. The van der Waals surface area contributed by atoms with Crippen molar-refractivity contribution in [3.8, 4) is 11.5 Å². The maximum Gasteiger partial charge on any atom is 0.258 e. The monoisotopic (exact) mass is 412 g/mol. The third-order valence-corrected chi connectivity index (χ3v) is 4.53. The number of hydrogen-bond donors (Lipinski definition) is 2. The van der Waals surface area contributed by atoms with E-state index >= 15 is 0 Å². The maximum absolute atomic E-state index is 12.8. The van der Waals surface area contributed by atoms with Crippen molar-refractivity contribution in [2.24, 2.45) is 5.73 Å². The van der Waals surface area contributed by atoms with Crippen LogP contribution in [0, 0.1) is 0 Å². The van der Waals surface area contributed by atoms with Gasteiger partial charge < -0.3 is 25.1 Å². The molecule has 0 aliphatic heterocycles. The SMILES string of the molecule is CCCC(C)(N)C(=O)N(CC)Cc1nc2cc(OC)c(OC)cc2c(=O)[nH]1.Cl. The van der Waals surface area contributed by atoms with Gasteiger partial charge in [0.25, 0.3) is 5.56 Å².